The van der Waals surface area contributed by atoms with Crippen LogP contribution in [0.5, 0.6) is 0 Å². The Morgan fingerprint density at radius 2 is 1.03 bits per heavy atom. The van der Waals surface area contributed by atoms with Gasteiger partial charge in [0.05, 0.1) is 5.69 Å². The summed E-state index contributed by atoms with van der Waals surface area (Å²) in [7, 11) is 0. The van der Waals surface area contributed by atoms with Crippen LogP contribution in [0, 0.1) is 0 Å². The van der Waals surface area contributed by atoms with E-state index in [2.05, 4.69) is 101 Å². The third-order valence-corrected chi connectivity index (χ3v) is 6.50. The minimum atomic E-state index is 0.898. The summed E-state index contributed by atoms with van der Waals surface area (Å²) in [5.74, 6) is 0. The molecule has 0 atom stereocenters. The predicted octanol–water partition coefficient (Wildman–Crippen LogP) is 7.91. The largest absolute Gasteiger partial charge is 0.159 e. The van der Waals surface area contributed by atoms with Gasteiger partial charge in [-0.05, 0) is 102 Å². The molecule has 0 aliphatic heterocycles. The topological polar surface area (TPSA) is 25.8 Å². The molecule has 2 nitrogen and oxygen atoms in total. The standard InChI is InChI=1S/C30H18N2/c1-2-6-20-14-25-17-27-23(16-24(25)13-19(20)5-1)11-10-22-15-21-7-3-8-26(28(21)18-29(22)27)30-9-4-12-31-32-30/h1-18H. The van der Waals surface area contributed by atoms with Gasteiger partial charge in [0, 0.05) is 11.8 Å². The van der Waals surface area contributed by atoms with Crippen molar-refractivity contribution >= 4 is 53.9 Å². The van der Waals surface area contributed by atoms with Gasteiger partial charge in [-0.2, -0.15) is 10.2 Å². The van der Waals surface area contributed by atoms with Crippen LogP contribution in [0.1, 0.15) is 0 Å². The summed E-state index contributed by atoms with van der Waals surface area (Å²) >= 11 is 0. The highest BCUT2D eigenvalue weighted by Gasteiger charge is 2.10. The first kappa shape index (κ1) is 17.4. The highest BCUT2D eigenvalue weighted by Crippen LogP contribution is 2.36. The summed E-state index contributed by atoms with van der Waals surface area (Å²) in [6.45, 7) is 0. The summed E-state index contributed by atoms with van der Waals surface area (Å²) < 4.78 is 0. The molecule has 0 saturated heterocycles. The lowest BCUT2D eigenvalue weighted by Crippen LogP contribution is -1.88. The average Bonchev–Trinajstić information content (AvgIpc) is 2.85. The highest BCUT2D eigenvalue weighted by atomic mass is 15.1. The monoisotopic (exact) mass is 406 g/mol. The lowest BCUT2D eigenvalue weighted by atomic mass is 9.93. The number of nitrogens with zero attached hydrogens (tertiary/aromatic N) is 2. The number of hydrogen-bond donors (Lipinski definition) is 0. The summed E-state index contributed by atoms with van der Waals surface area (Å²) in [6.07, 6.45) is 1.71. The minimum absolute atomic E-state index is 0.898. The molecule has 0 unspecified atom stereocenters. The molecule has 1 aromatic heterocycles. The summed E-state index contributed by atoms with van der Waals surface area (Å²) in [4.78, 5) is 0. The Labute approximate surface area is 184 Å². The van der Waals surface area contributed by atoms with E-state index in [9.17, 15) is 0 Å². The van der Waals surface area contributed by atoms with Crippen molar-refractivity contribution < 1.29 is 0 Å². The Balaban J connectivity index is 1.58. The minimum Gasteiger partial charge on any atom is -0.159 e. The van der Waals surface area contributed by atoms with Crippen molar-refractivity contribution in [1.29, 1.82) is 0 Å². The molecule has 0 aliphatic carbocycles. The van der Waals surface area contributed by atoms with Crippen molar-refractivity contribution in [2.24, 2.45) is 0 Å². The average molecular weight is 406 g/mol. The quantitative estimate of drug-likeness (QED) is 0.204. The molecule has 32 heavy (non-hydrogen) atoms. The molecule has 0 bridgehead atoms. The zero-order chi connectivity index (χ0) is 21.1. The third kappa shape index (κ3) is 2.60. The van der Waals surface area contributed by atoms with Gasteiger partial charge in [0.25, 0.3) is 0 Å². The second kappa shape index (κ2) is 6.60. The molecule has 0 spiro atoms. The molecule has 2 heteroatoms. The van der Waals surface area contributed by atoms with Crippen LogP contribution in [0.3, 0.4) is 0 Å². The van der Waals surface area contributed by atoms with Gasteiger partial charge in [0.2, 0.25) is 0 Å². The SMILES string of the molecule is c1cnnc(-c2cccc3cc4ccc5cc6cc7ccccc7cc6cc5c4cc23)c1. The Kier molecular flexibility index (Phi) is 3.58. The molecule has 0 fully saturated rings. The van der Waals surface area contributed by atoms with E-state index in [0.717, 1.165) is 11.3 Å². The Hall–Kier alpha value is -4.30. The number of hydrogen-bond acceptors (Lipinski definition) is 2. The Morgan fingerprint density at radius 3 is 1.78 bits per heavy atom. The first-order valence-corrected chi connectivity index (χ1v) is 10.8. The fourth-order valence-electron chi connectivity index (χ4n) is 4.94. The van der Waals surface area contributed by atoms with Crippen LogP contribution in [0.25, 0.3) is 65.1 Å². The summed E-state index contributed by atoms with van der Waals surface area (Å²) in [6, 6.07) is 37.3. The first-order valence-electron chi connectivity index (χ1n) is 10.8. The molecule has 0 aliphatic rings. The second-order valence-corrected chi connectivity index (χ2v) is 8.39. The van der Waals surface area contributed by atoms with E-state index < -0.39 is 0 Å². The molecule has 1 heterocycles. The molecule has 0 radical (unpaired) electrons. The fourth-order valence-corrected chi connectivity index (χ4v) is 4.94. The van der Waals surface area contributed by atoms with Gasteiger partial charge in [-0.1, -0.05) is 54.6 Å². The van der Waals surface area contributed by atoms with Gasteiger partial charge in [0.1, 0.15) is 0 Å². The third-order valence-electron chi connectivity index (χ3n) is 6.50. The van der Waals surface area contributed by atoms with Crippen LogP contribution < -0.4 is 0 Å². The molecule has 148 valence electrons. The Bertz CT molecular complexity index is 1820. The highest BCUT2D eigenvalue weighted by molar-refractivity contribution is 6.17. The zero-order valence-electron chi connectivity index (χ0n) is 17.3. The van der Waals surface area contributed by atoms with Crippen molar-refractivity contribution in [2.45, 2.75) is 0 Å². The molecular weight excluding hydrogens is 388 g/mol. The van der Waals surface area contributed by atoms with Crippen LogP contribution in [0.15, 0.2) is 109 Å². The molecular formula is C30H18N2. The van der Waals surface area contributed by atoms with Gasteiger partial charge < -0.3 is 0 Å². The molecule has 6 aromatic carbocycles. The number of aromatic nitrogens is 2. The molecule has 7 aromatic rings. The van der Waals surface area contributed by atoms with Crippen molar-refractivity contribution in [2.75, 3.05) is 0 Å². The second-order valence-electron chi connectivity index (χ2n) is 8.39. The van der Waals surface area contributed by atoms with Crippen molar-refractivity contribution in [3.8, 4) is 11.3 Å². The summed E-state index contributed by atoms with van der Waals surface area (Å²) in [5, 5.41) is 21.0. The lowest BCUT2D eigenvalue weighted by Gasteiger charge is -2.11. The van der Waals surface area contributed by atoms with Crippen LogP contribution in [0.4, 0.5) is 0 Å². The number of fused-ring (bicyclic) bond motifs is 6. The number of rotatable bonds is 1. The maximum Gasteiger partial charge on any atom is 0.0935 e. The Morgan fingerprint density at radius 1 is 0.406 bits per heavy atom. The van der Waals surface area contributed by atoms with E-state index >= 15 is 0 Å². The molecule has 7 rings (SSSR count). The van der Waals surface area contributed by atoms with Gasteiger partial charge >= 0.3 is 0 Å². The van der Waals surface area contributed by atoms with E-state index in [4.69, 9.17) is 0 Å². The van der Waals surface area contributed by atoms with E-state index in [1.54, 1.807) is 6.20 Å². The maximum atomic E-state index is 4.36. The van der Waals surface area contributed by atoms with Crippen LogP contribution in [-0.2, 0) is 0 Å². The fraction of sp³-hybridized carbons (Fsp3) is 0. The molecule has 0 amide bonds. The predicted molar refractivity (Wildman–Crippen MR) is 135 cm³/mol. The van der Waals surface area contributed by atoms with Crippen molar-refractivity contribution in [3.63, 3.8) is 0 Å². The van der Waals surface area contributed by atoms with E-state index in [0.29, 0.717) is 0 Å². The smallest absolute Gasteiger partial charge is 0.0935 e. The molecule has 0 saturated carbocycles. The first-order chi connectivity index (χ1) is 15.8. The maximum absolute atomic E-state index is 4.36. The van der Waals surface area contributed by atoms with Gasteiger partial charge in [0.15, 0.2) is 0 Å². The van der Waals surface area contributed by atoms with E-state index in [1.807, 2.05) is 12.1 Å². The normalized spacial score (nSPS) is 11.8. The summed E-state index contributed by atoms with van der Waals surface area (Å²) in [5.41, 5.74) is 2.01. The van der Waals surface area contributed by atoms with E-state index in [-0.39, 0.29) is 0 Å². The zero-order valence-corrected chi connectivity index (χ0v) is 17.3. The van der Waals surface area contributed by atoms with Crippen LogP contribution in [0.2, 0.25) is 0 Å². The van der Waals surface area contributed by atoms with Gasteiger partial charge in [-0.3, -0.25) is 0 Å². The van der Waals surface area contributed by atoms with Gasteiger partial charge in [-0.25, -0.2) is 0 Å². The lowest BCUT2D eigenvalue weighted by molar-refractivity contribution is 1.04. The van der Waals surface area contributed by atoms with Crippen LogP contribution >= 0.6 is 0 Å². The number of benzene rings is 6. The van der Waals surface area contributed by atoms with Gasteiger partial charge in [-0.15, -0.1) is 0 Å². The van der Waals surface area contributed by atoms with Crippen molar-refractivity contribution in [3.05, 3.63) is 109 Å². The molecule has 0 N–H and O–H groups in total. The van der Waals surface area contributed by atoms with Crippen LogP contribution in [-0.4, -0.2) is 10.2 Å². The van der Waals surface area contributed by atoms with Crippen molar-refractivity contribution in [1.82, 2.24) is 10.2 Å². The van der Waals surface area contributed by atoms with E-state index in [1.165, 1.54) is 53.9 Å².